The maximum atomic E-state index is 12.6. The average molecular weight is 292 g/mol. The molecule has 1 aromatic rings. The number of benzene rings is 1. The lowest BCUT2D eigenvalue weighted by Crippen LogP contribution is -2.45. The van der Waals surface area contributed by atoms with Gasteiger partial charge in [0.1, 0.15) is 5.78 Å². The van der Waals surface area contributed by atoms with E-state index >= 15 is 0 Å². The highest BCUT2D eigenvalue weighted by molar-refractivity contribution is 7.91. The van der Waals surface area contributed by atoms with Crippen LogP contribution >= 0.6 is 0 Å². The zero-order valence-corrected chi connectivity index (χ0v) is 12.5. The molecule has 0 aliphatic heterocycles. The van der Waals surface area contributed by atoms with Crippen LogP contribution in [0.15, 0.2) is 30.3 Å². The maximum absolute atomic E-state index is 12.6. The topological polar surface area (TPSA) is 51.2 Å². The summed E-state index contributed by atoms with van der Waals surface area (Å²) >= 11 is 0. The van der Waals surface area contributed by atoms with E-state index in [1.807, 2.05) is 30.3 Å². The van der Waals surface area contributed by atoms with Crippen molar-refractivity contribution in [3.8, 4) is 0 Å². The molecule has 0 radical (unpaired) electrons. The predicted octanol–water partition coefficient (Wildman–Crippen LogP) is 2.40. The Balaban J connectivity index is 1.71. The van der Waals surface area contributed by atoms with E-state index in [1.54, 1.807) is 0 Å². The van der Waals surface area contributed by atoms with Crippen molar-refractivity contribution in [2.75, 3.05) is 6.26 Å². The van der Waals surface area contributed by atoms with Crippen molar-refractivity contribution in [3.05, 3.63) is 35.9 Å². The second kappa shape index (κ2) is 4.69. The van der Waals surface area contributed by atoms with Crippen molar-refractivity contribution in [1.82, 2.24) is 0 Å². The summed E-state index contributed by atoms with van der Waals surface area (Å²) in [5, 5.41) is -0.428. The molecule has 0 aromatic heterocycles. The number of carbonyl (C=O) groups excluding carboxylic acids is 1. The normalized spacial score (nSPS) is 31.9. The van der Waals surface area contributed by atoms with Crippen LogP contribution in [0.4, 0.5) is 0 Å². The first-order valence-electron chi connectivity index (χ1n) is 7.18. The van der Waals surface area contributed by atoms with Gasteiger partial charge in [0.05, 0.1) is 5.25 Å². The van der Waals surface area contributed by atoms with Crippen LogP contribution in [0.5, 0.6) is 0 Å². The number of aryl methyl sites for hydroxylation is 1. The molecule has 3 saturated carbocycles. The molecular weight excluding hydrogens is 272 g/mol. The Morgan fingerprint density at radius 3 is 2.50 bits per heavy atom. The number of ketones is 1. The molecule has 108 valence electrons. The van der Waals surface area contributed by atoms with Crippen molar-refractivity contribution < 1.29 is 13.2 Å². The Morgan fingerprint density at radius 2 is 1.90 bits per heavy atom. The summed E-state index contributed by atoms with van der Waals surface area (Å²) in [7, 11) is -3.12. The summed E-state index contributed by atoms with van der Waals surface area (Å²) in [4.78, 5) is 12.6. The largest absolute Gasteiger partial charge is 0.299 e. The lowest BCUT2D eigenvalue weighted by molar-refractivity contribution is -0.132. The smallest absolute Gasteiger partial charge is 0.151 e. The summed E-state index contributed by atoms with van der Waals surface area (Å²) in [6, 6.07) is 9.91. The number of sulfone groups is 1. The number of hydrogen-bond acceptors (Lipinski definition) is 3. The summed E-state index contributed by atoms with van der Waals surface area (Å²) < 4.78 is 23.8. The number of fused-ring (bicyclic) bond motifs is 1. The molecular formula is C16H20O3S. The zero-order chi connectivity index (χ0) is 14.4. The Bertz CT molecular complexity index is 612. The molecule has 3 aliphatic carbocycles. The SMILES string of the molecule is CS(=O)(=O)C1CC2CC1(C(=O)CCc1ccccc1)C2. The van der Waals surface area contributed by atoms with Gasteiger partial charge in [-0.3, -0.25) is 4.79 Å². The number of Topliss-reactive ketones (excluding diaryl/α,β-unsaturated/α-hetero) is 1. The van der Waals surface area contributed by atoms with Gasteiger partial charge < -0.3 is 0 Å². The highest BCUT2D eigenvalue weighted by Crippen LogP contribution is 2.61. The van der Waals surface area contributed by atoms with Crippen LogP contribution in [-0.2, 0) is 21.1 Å². The fraction of sp³-hybridized carbons (Fsp3) is 0.562. The van der Waals surface area contributed by atoms with Crippen molar-refractivity contribution in [1.29, 1.82) is 0 Å². The summed E-state index contributed by atoms with van der Waals surface area (Å²) in [5.74, 6) is 0.612. The number of rotatable bonds is 5. The quantitative estimate of drug-likeness (QED) is 0.837. The molecule has 0 amide bonds. The molecule has 3 aliphatic rings. The second-order valence-corrected chi connectivity index (χ2v) is 8.62. The molecule has 2 bridgehead atoms. The van der Waals surface area contributed by atoms with E-state index in [-0.39, 0.29) is 5.78 Å². The van der Waals surface area contributed by atoms with E-state index in [9.17, 15) is 13.2 Å². The first-order valence-corrected chi connectivity index (χ1v) is 9.13. The van der Waals surface area contributed by atoms with Crippen molar-refractivity contribution in [2.45, 2.75) is 37.4 Å². The van der Waals surface area contributed by atoms with E-state index in [0.29, 0.717) is 25.2 Å². The number of hydrogen-bond donors (Lipinski definition) is 0. The third-order valence-electron chi connectivity index (χ3n) is 5.03. The molecule has 1 aromatic carbocycles. The van der Waals surface area contributed by atoms with Gasteiger partial charge in [-0.2, -0.15) is 0 Å². The number of carbonyl (C=O) groups is 1. The standard InChI is InChI=1S/C16H20O3S/c1-20(18,19)15-9-13-10-16(15,11-13)14(17)8-7-12-5-3-2-4-6-12/h2-6,13,15H,7-11H2,1H3. The maximum Gasteiger partial charge on any atom is 0.151 e. The van der Waals surface area contributed by atoms with Gasteiger partial charge >= 0.3 is 0 Å². The van der Waals surface area contributed by atoms with E-state index < -0.39 is 20.5 Å². The highest BCUT2D eigenvalue weighted by atomic mass is 32.2. The Hall–Kier alpha value is -1.16. The molecule has 0 saturated heterocycles. The zero-order valence-electron chi connectivity index (χ0n) is 11.7. The summed E-state index contributed by atoms with van der Waals surface area (Å²) in [6.07, 6.45) is 4.72. The monoisotopic (exact) mass is 292 g/mol. The van der Waals surface area contributed by atoms with Gasteiger partial charge in [-0.25, -0.2) is 8.42 Å². The minimum Gasteiger partial charge on any atom is -0.299 e. The molecule has 0 heterocycles. The molecule has 4 rings (SSSR count). The van der Waals surface area contributed by atoms with Gasteiger partial charge in [0.25, 0.3) is 0 Å². The van der Waals surface area contributed by atoms with Crippen LogP contribution < -0.4 is 0 Å². The van der Waals surface area contributed by atoms with E-state index in [1.165, 1.54) is 6.26 Å². The lowest BCUT2D eigenvalue weighted by Gasteiger charge is -2.39. The Labute approximate surface area is 120 Å². The van der Waals surface area contributed by atoms with Crippen LogP contribution in [0.2, 0.25) is 0 Å². The molecule has 1 unspecified atom stereocenters. The summed E-state index contributed by atoms with van der Waals surface area (Å²) in [6.45, 7) is 0. The van der Waals surface area contributed by atoms with Crippen LogP contribution in [-0.4, -0.2) is 25.7 Å². The lowest BCUT2D eigenvalue weighted by atomic mass is 9.66. The third kappa shape index (κ3) is 2.20. The Kier molecular flexibility index (Phi) is 3.24. The van der Waals surface area contributed by atoms with Gasteiger partial charge in [0.15, 0.2) is 9.84 Å². The van der Waals surface area contributed by atoms with Crippen LogP contribution in [0.3, 0.4) is 0 Å². The molecule has 0 N–H and O–H groups in total. The van der Waals surface area contributed by atoms with E-state index in [2.05, 4.69) is 0 Å². The van der Waals surface area contributed by atoms with Crippen molar-refractivity contribution in [2.24, 2.45) is 11.3 Å². The fourth-order valence-electron chi connectivity index (χ4n) is 4.07. The van der Waals surface area contributed by atoms with E-state index in [4.69, 9.17) is 0 Å². The first kappa shape index (κ1) is 13.8. The molecule has 20 heavy (non-hydrogen) atoms. The van der Waals surface area contributed by atoms with Crippen LogP contribution in [0.1, 0.15) is 31.2 Å². The van der Waals surface area contributed by atoms with Gasteiger partial charge in [0.2, 0.25) is 0 Å². The van der Waals surface area contributed by atoms with Crippen molar-refractivity contribution in [3.63, 3.8) is 0 Å². The average Bonchev–Trinajstić information content (AvgIpc) is 2.92. The Morgan fingerprint density at radius 1 is 1.25 bits per heavy atom. The highest BCUT2D eigenvalue weighted by Gasteiger charge is 2.63. The van der Waals surface area contributed by atoms with E-state index in [0.717, 1.165) is 18.4 Å². The van der Waals surface area contributed by atoms with Gasteiger partial charge in [-0.1, -0.05) is 30.3 Å². The van der Waals surface area contributed by atoms with Crippen LogP contribution in [0, 0.1) is 11.3 Å². The van der Waals surface area contributed by atoms with Gasteiger partial charge in [0, 0.05) is 18.1 Å². The molecule has 3 nitrogen and oxygen atoms in total. The summed E-state index contributed by atoms with van der Waals surface area (Å²) in [5.41, 5.74) is 0.592. The molecule has 1 atom stereocenters. The predicted molar refractivity (Wildman–Crippen MR) is 78.2 cm³/mol. The first-order chi connectivity index (χ1) is 9.42. The third-order valence-corrected chi connectivity index (χ3v) is 6.70. The van der Waals surface area contributed by atoms with Crippen molar-refractivity contribution >= 4 is 15.6 Å². The second-order valence-electron chi connectivity index (χ2n) is 6.39. The molecule has 0 spiro atoms. The minimum atomic E-state index is -3.12. The van der Waals surface area contributed by atoms with Gasteiger partial charge in [-0.15, -0.1) is 0 Å². The minimum absolute atomic E-state index is 0.158. The fourth-order valence-corrected chi connectivity index (χ4v) is 5.84. The molecule has 4 heteroatoms. The van der Waals surface area contributed by atoms with Gasteiger partial charge in [-0.05, 0) is 37.2 Å². The molecule has 3 fully saturated rings. The van der Waals surface area contributed by atoms with Crippen LogP contribution in [0.25, 0.3) is 0 Å².